The molecule has 0 bridgehead atoms. The minimum atomic E-state index is -0.212. The fourth-order valence-corrected chi connectivity index (χ4v) is 2.31. The topological polar surface area (TPSA) is 46.0 Å². The summed E-state index contributed by atoms with van der Waals surface area (Å²) in [5.41, 5.74) is 1.81. The number of aliphatic hydroxyl groups is 1. The van der Waals surface area contributed by atoms with E-state index in [-0.39, 0.29) is 6.61 Å². The summed E-state index contributed by atoms with van der Waals surface area (Å²) < 4.78 is 0.858. The number of fused-ring (bicyclic) bond motifs is 1. The fourth-order valence-electron chi connectivity index (χ4n) is 1.40. The molecule has 0 saturated heterocycles. The van der Waals surface area contributed by atoms with Crippen LogP contribution in [0.2, 0.25) is 5.15 Å². The maximum atomic E-state index is 8.97. The highest BCUT2D eigenvalue weighted by molar-refractivity contribution is 9.10. The van der Waals surface area contributed by atoms with Gasteiger partial charge in [-0.1, -0.05) is 11.6 Å². The van der Waals surface area contributed by atoms with Gasteiger partial charge >= 0.3 is 0 Å². The van der Waals surface area contributed by atoms with Crippen LogP contribution in [0.1, 0.15) is 11.4 Å². The summed E-state index contributed by atoms with van der Waals surface area (Å²) in [6, 6.07) is 3.87. The van der Waals surface area contributed by atoms with Crippen molar-refractivity contribution in [2.45, 2.75) is 13.5 Å². The summed E-state index contributed by atoms with van der Waals surface area (Å²) in [4.78, 5) is 8.19. The van der Waals surface area contributed by atoms with Gasteiger partial charge < -0.3 is 5.11 Å². The number of nitrogens with zero attached hydrogens (tertiary/aromatic N) is 2. The Morgan fingerprint density at radius 2 is 2.13 bits per heavy atom. The van der Waals surface area contributed by atoms with Crippen molar-refractivity contribution in [3.63, 3.8) is 0 Å². The predicted molar refractivity (Wildman–Crippen MR) is 62.9 cm³/mol. The molecule has 3 nitrogen and oxygen atoms in total. The van der Waals surface area contributed by atoms with Crippen LogP contribution in [0, 0.1) is 6.92 Å². The third-order valence-electron chi connectivity index (χ3n) is 2.04. The third kappa shape index (κ3) is 1.97. The van der Waals surface area contributed by atoms with Crippen LogP contribution in [-0.4, -0.2) is 15.1 Å². The number of hydrogen-bond donors (Lipinski definition) is 1. The van der Waals surface area contributed by atoms with Crippen molar-refractivity contribution in [2.75, 3.05) is 0 Å². The molecule has 1 heterocycles. The average molecular weight is 288 g/mol. The summed E-state index contributed by atoms with van der Waals surface area (Å²) in [5, 5.41) is 10.1. The van der Waals surface area contributed by atoms with Gasteiger partial charge in [-0.05, 0) is 40.5 Å². The number of rotatable bonds is 1. The lowest BCUT2D eigenvalue weighted by Gasteiger charge is -2.05. The third-order valence-corrected chi connectivity index (χ3v) is 2.93. The molecule has 2 rings (SSSR count). The van der Waals surface area contributed by atoms with E-state index in [1.165, 1.54) is 0 Å². The van der Waals surface area contributed by atoms with Crippen molar-refractivity contribution < 1.29 is 5.11 Å². The summed E-state index contributed by atoms with van der Waals surface area (Å²) in [7, 11) is 0. The summed E-state index contributed by atoms with van der Waals surface area (Å²) in [5.74, 6) is 0.331. The zero-order chi connectivity index (χ0) is 11.0. The lowest BCUT2D eigenvalue weighted by molar-refractivity contribution is 0.272. The molecule has 2 aromatic rings. The Hall–Kier alpha value is -0.710. The molecule has 0 spiro atoms. The van der Waals surface area contributed by atoms with Crippen LogP contribution in [0.3, 0.4) is 0 Å². The Morgan fingerprint density at radius 1 is 1.40 bits per heavy atom. The number of halogens is 2. The minimum absolute atomic E-state index is 0.212. The standard InChI is InChI=1S/C10H8BrClN2O/c1-5-2-6-9(7(11)3-5)13-8(4-15)14-10(6)12/h2-3,15H,4H2,1H3. The maximum Gasteiger partial charge on any atom is 0.156 e. The molecular formula is C10H8BrClN2O. The maximum absolute atomic E-state index is 8.97. The molecule has 0 unspecified atom stereocenters. The molecule has 78 valence electrons. The molecule has 0 amide bonds. The van der Waals surface area contributed by atoms with E-state index in [1.54, 1.807) is 0 Å². The highest BCUT2D eigenvalue weighted by Crippen LogP contribution is 2.28. The Morgan fingerprint density at radius 3 is 2.80 bits per heavy atom. The highest BCUT2D eigenvalue weighted by Gasteiger charge is 2.08. The first kappa shape index (κ1) is 10.8. The Bertz CT molecular complexity index is 530. The van der Waals surface area contributed by atoms with Crippen molar-refractivity contribution in [3.8, 4) is 0 Å². The number of hydrogen-bond acceptors (Lipinski definition) is 3. The van der Waals surface area contributed by atoms with Gasteiger partial charge in [0.1, 0.15) is 11.8 Å². The van der Waals surface area contributed by atoms with Crippen molar-refractivity contribution >= 4 is 38.4 Å². The second kappa shape index (κ2) is 4.04. The van der Waals surface area contributed by atoms with Gasteiger partial charge in [-0.2, -0.15) is 0 Å². The van der Waals surface area contributed by atoms with E-state index < -0.39 is 0 Å². The van der Waals surface area contributed by atoms with Gasteiger partial charge in [0, 0.05) is 9.86 Å². The molecule has 0 saturated carbocycles. The molecule has 0 radical (unpaired) electrons. The summed E-state index contributed by atoms with van der Waals surface area (Å²) in [6.07, 6.45) is 0. The van der Waals surface area contributed by atoms with Crippen LogP contribution in [0.5, 0.6) is 0 Å². The van der Waals surface area contributed by atoms with E-state index in [2.05, 4.69) is 25.9 Å². The van der Waals surface area contributed by atoms with Crippen molar-refractivity contribution in [1.82, 2.24) is 9.97 Å². The number of aromatic nitrogens is 2. The normalized spacial score (nSPS) is 10.9. The largest absolute Gasteiger partial charge is 0.388 e. The van der Waals surface area contributed by atoms with Crippen LogP contribution in [0.15, 0.2) is 16.6 Å². The predicted octanol–water partition coefficient (Wildman–Crippen LogP) is 2.85. The van der Waals surface area contributed by atoms with E-state index >= 15 is 0 Å². The molecule has 0 fully saturated rings. The Kier molecular flexibility index (Phi) is 2.91. The average Bonchev–Trinajstić information content (AvgIpc) is 2.19. The monoisotopic (exact) mass is 286 g/mol. The second-order valence-electron chi connectivity index (χ2n) is 3.23. The van der Waals surface area contributed by atoms with Crippen LogP contribution >= 0.6 is 27.5 Å². The van der Waals surface area contributed by atoms with Crippen LogP contribution in [0.4, 0.5) is 0 Å². The Labute approximate surface area is 100 Å². The van der Waals surface area contributed by atoms with E-state index in [1.807, 2.05) is 19.1 Å². The highest BCUT2D eigenvalue weighted by atomic mass is 79.9. The van der Waals surface area contributed by atoms with Gasteiger partial charge in [0.15, 0.2) is 5.82 Å². The van der Waals surface area contributed by atoms with Gasteiger partial charge in [0.2, 0.25) is 0 Å². The first-order valence-corrected chi connectivity index (χ1v) is 5.52. The molecule has 1 aromatic carbocycles. The van der Waals surface area contributed by atoms with Crippen molar-refractivity contribution in [2.24, 2.45) is 0 Å². The molecule has 15 heavy (non-hydrogen) atoms. The zero-order valence-electron chi connectivity index (χ0n) is 7.96. The molecule has 5 heteroatoms. The van der Waals surface area contributed by atoms with Gasteiger partial charge in [-0.3, -0.25) is 0 Å². The first-order chi connectivity index (χ1) is 7.11. The number of benzene rings is 1. The summed E-state index contributed by atoms with van der Waals surface area (Å²) in [6.45, 7) is 1.76. The minimum Gasteiger partial charge on any atom is -0.388 e. The van der Waals surface area contributed by atoms with Crippen LogP contribution < -0.4 is 0 Å². The smallest absolute Gasteiger partial charge is 0.156 e. The van der Waals surface area contributed by atoms with E-state index in [0.29, 0.717) is 11.0 Å². The van der Waals surface area contributed by atoms with E-state index in [4.69, 9.17) is 16.7 Å². The molecule has 1 N–H and O–H groups in total. The van der Waals surface area contributed by atoms with Gasteiger partial charge in [-0.25, -0.2) is 9.97 Å². The van der Waals surface area contributed by atoms with Crippen LogP contribution in [0.25, 0.3) is 10.9 Å². The fraction of sp³-hybridized carbons (Fsp3) is 0.200. The SMILES string of the molecule is Cc1cc(Br)c2nc(CO)nc(Cl)c2c1. The molecule has 0 aliphatic heterocycles. The zero-order valence-corrected chi connectivity index (χ0v) is 10.3. The number of aliphatic hydroxyl groups excluding tert-OH is 1. The number of aryl methyl sites for hydroxylation is 1. The molecule has 0 aliphatic rings. The van der Waals surface area contributed by atoms with Crippen LogP contribution in [-0.2, 0) is 6.61 Å². The molecule has 0 aliphatic carbocycles. The second-order valence-corrected chi connectivity index (χ2v) is 4.44. The lowest BCUT2D eigenvalue weighted by Crippen LogP contribution is -1.96. The first-order valence-electron chi connectivity index (χ1n) is 4.35. The van der Waals surface area contributed by atoms with Crippen molar-refractivity contribution in [1.29, 1.82) is 0 Å². The van der Waals surface area contributed by atoms with E-state index in [0.717, 1.165) is 20.9 Å². The Balaban J connectivity index is 2.85. The van der Waals surface area contributed by atoms with Gasteiger partial charge in [0.25, 0.3) is 0 Å². The van der Waals surface area contributed by atoms with Gasteiger partial charge in [0.05, 0.1) is 5.52 Å². The summed E-state index contributed by atoms with van der Waals surface area (Å²) >= 11 is 9.42. The van der Waals surface area contributed by atoms with Crippen molar-refractivity contribution in [3.05, 3.63) is 33.1 Å². The molecule has 1 aromatic heterocycles. The van der Waals surface area contributed by atoms with Gasteiger partial charge in [-0.15, -0.1) is 0 Å². The molecular weight excluding hydrogens is 279 g/mol. The quantitative estimate of drug-likeness (QED) is 0.820. The molecule has 0 atom stereocenters. The lowest BCUT2D eigenvalue weighted by atomic mass is 10.2. The van der Waals surface area contributed by atoms with E-state index in [9.17, 15) is 0 Å².